The lowest BCUT2D eigenvalue weighted by molar-refractivity contribution is -0.136. The first-order chi connectivity index (χ1) is 18.7. The highest BCUT2D eigenvalue weighted by Gasteiger charge is 2.33. The van der Waals surface area contributed by atoms with E-state index in [4.69, 9.17) is 9.47 Å². The number of alkyl halides is 2. The fourth-order valence-electron chi connectivity index (χ4n) is 4.58. The van der Waals surface area contributed by atoms with Crippen LogP contribution in [-0.4, -0.2) is 44.5 Å². The molecule has 1 aliphatic heterocycles. The third-order valence-electron chi connectivity index (χ3n) is 6.47. The van der Waals surface area contributed by atoms with Crippen molar-refractivity contribution >= 4 is 29.1 Å². The molecule has 1 aliphatic rings. The lowest BCUT2D eigenvalue weighted by Gasteiger charge is -2.26. The Morgan fingerprint density at radius 2 is 1.82 bits per heavy atom. The molecule has 11 heteroatoms. The third kappa shape index (κ3) is 5.58. The Hall–Kier alpha value is -3.99. The lowest BCUT2D eigenvalue weighted by Crippen LogP contribution is -2.39. The Balaban J connectivity index is 1.86. The van der Waals surface area contributed by atoms with Crippen molar-refractivity contribution in [3.8, 4) is 11.5 Å². The van der Waals surface area contributed by atoms with E-state index in [1.807, 2.05) is 24.3 Å². The zero-order chi connectivity index (χ0) is 28.3. The molecule has 0 amide bonds. The van der Waals surface area contributed by atoms with Crippen LogP contribution < -0.4 is 29.3 Å². The highest BCUT2D eigenvalue weighted by molar-refractivity contribution is 7.07. The Bertz CT molecular complexity index is 1570. The van der Waals surface area contributed by atoms with E-state index in [1.54, 1.807) is 19.1 Å². The SMILES string of the molecule is CCN(CC)c1ccc([C@@H]2C(C(=O)OC)=C(C)N=c3s/c(=C/c4ccc(OC(F)F)c(OC)c4)c(=O)n32)cc1. The molecule has 206 valence electrons. The zero-order valence-corrected chi connectivity index (χ0v) is 23.1. The topological polar surface area (TPSA) is 82.4 Å². The van der Waals surface area contributed by atoms with Crippen LogP contribution in [0, 0.1) is 0 Å². The number of aromatic nitrogens is 1. The van der Waals surface area contributed by atoms with Gasteiger partial charge in [0.2, 0.25) is 0 Å². The van der Waals surface area contributed by atoms with Gasteiger partial charge in [-0.05, 0) is 62.2 Å². The fraction of sp³-hybridized carbons (Fsp3) is 0.321. The van der Waals surface area contributed by atoms with Crippen molar-refractivity contribution in [2.75, 3.05) is 32.2 Å². The lowest BCUT2D eigenvalue weighted by atomic mass is 9.95. The van der Waals surface area contributed by atoms with Gasteiger partial charge in [-0.2, -0.15) is 8.78 Å². The van der Waals surface area contributed by atoms with Crippen molar-refractivity contribution in [3.05, 3.63) is 84.5 Å². The Kier molecular flexibility index (Phi) is 8.49. The second-order valence-electron chi connectivity index (χ2n) is 8.63. The highest BCUT2D eigenvalue weighted by Crippen LogP contribution is 2.32. The zero-order valence-electron chi connectivity index (χ0n) is 22.2. The van der Waals surface area contributed by atoms with Crippen LogP contribution in [0.4, 0.5) is 14.5 Å². The number of benzene rings is 2. The van der Waals surface area contributed by atoms with Gasteiger partial charge in [-0.3, -0.25) is 9.36 Å². The smallest absolute Gasteiger partial charge is 0.387 e. The van der Waals surface area contributed by atoms with Crippen LogP contribution in [0.5, 0.6) is 11.5 Å². The summed E-state index contributed by atoms with van der Waals surface area (Å²) in [5.41, 5.74) is 2.71. The number of hydrogen-bond acceptors (Lipinski definition) is 8. The van der Waals surface area contributed by atoms with Gasteiger partial charge in [0.1, 0.15) is 0 Å². The van der Waals surface area contributed by atoms with Gasteiger partial charge in [0, 0.05) is 18.8 Å². The Morgan fingerprint density at radius 1 is 1.13 bits per heavy atom. The second kappa shape index (κ2) is 11.8. The van der Waals surface area contributed by atoms with Crippen molar-refractivity contribution in [1.82, 2.24) is 4.57 Å². The minimum Gasteiger partial charge on any atom is -0.493 e. The molecule has 39 heavy (non-hydrogen) atoms. The van der Waals surface area contributed by atoms with Gasteiger partial charge in [0.05, 0.1) is 36.1 Å². The van der Waals surface area contributed by atoms with Gasteiger partial charge in [-0.25, -0.2) is 9.79 Å². The molecular formula is C28H29F2N3O5S. The van der Waals surface area contributed by atoms with E-state index in [1.165, 1.54) is 42.3 Å². The van der Waals surface area contributed by atoms with E-state index in [0.29, 0.717) is 20.6 Å². The van der Waals surface area contributed by atoms with Crippen molar-refractivity contribution in [1.29, 1.82) is 0 Å². The molecule has 1 atom stereocenters. The first-order valence-electron chi connectivity index (χ1n) is 12.3. The maximum Gasteiger partial charge on any atom is 0.387 e. The van der Waals surface area contributed by atoms with Gasteiger partial charge in [0.25, 0.3) is 5.56 Å². The van der Waals surface area contributed by atoms with Gasteiger partial charge >= 0.3 is 12.6 Å². The van der Waals surface area contributed by atoms with Gasteiger partial charge < -0.3 is 19.1 Å². The molecule has 0 aliphatic carbocycles. The molecule has 4 rings (SSSR count). The van der Waals surface area contributed by atoms with Gasteiger partial charge in [0.15, 0.2) is 16.3 Å². The fourth-order valence-corrected chi connectivity index (χ4v) is 5.63. The number of methoxy groups -OCH3 is 2. The number of carbonyl (C=O) groups excluding carboxylic acids is 1. The number of ether oxygens (including phenoxy) is 3. The number of anilines is 1. The van der Waals surface area contributed by atoms with E-state index in [9.17, 15) is 18.4 Å². The van der Waals surface area contributed by atoms with Crippen LogP contribution in [0.2, 0.25) is 0 Å². The number of thiazole rings is 1. The quantitative estimate of drug-likeness (QED) is 0.372. The number of carbonyl (C=O) groups is 1. The first-order valence-corrected chi connectivity index (χ1v) is 13.1. The molecule has 0 spiro atoms. The predicted molar refractivity (Wildman–Crippen MR) is 145 cm³/mol. The monoisotopic (exact) mass is 557 g/mol. The van der Waals surface area contributed by atoms with E-state index < -0.39 is 18.6 Å². The summed E-state index contributed by atoms with van der Waals surface area (Å²) in [6.45, 7) is 4.56. The summed E-state index contributed by atoms with van der Waals surface area (Å²) in [6.07, 6.45) is 1.62. The van der Waals surface area contributed by atoms with E-state index in [0.717, 1.165) is 24.3 Å². The molecule has 1 aromatic heterocycles. The largest absolute Gasteiger partial charge is 0.493 e. The summed E-state index contributed by atoms with van der Waals surface area (Å²) < 4.78 is 42.0. The van der Waals surface area contributed by atoms with Crippen LogP contribution in [0.25, 0.3) is 6.08 Å². The van der Waals surface area contributed by atoms with Crippen LogP contribution in [-0.2, 0) is 9.53 Å². The van der Waals surface area contributed by atoms with Crippen molar-refractivity contribution in [2.24, 2.45) is 4.99 Å². The summed E-state index contributed by atoms with van der Waals surface area (Å²) in [6, 6.07) is 11.4. The molecule has 0 saturated carbocycles. The third-order valence-corrected chi connectivity index (χ3v) is 7.45. The summed E-state index contributed by atoms with van der Waals surface area (Å²) in [5, 5.41) is 0. The molecule has 0 N–H and O–H groups in total. The molecule has 2 aromatic carbocycles. The number of halogens is 2. The van der Waals surface area contributed by atoms with E-state index >= 15 is 0 Å². The van der Waals surface area contributed by atoms with E-state index in [2.05, 4.69) is 28.5 Å². The minimum absolute atomic E-state index is 0.104. The van der Waals surface area contributed by atoms with E-state index in [-0.39, 0.29) is 22.6 Å². The summed E-state index contributed by atoms with van der Waals surface area (Å²) >= 11 is 1.17. The number of esters is 1. The van der Waals surface area contributed by atoms with Crippen molar-refractivity contribution < 1.29 is 27.8 Å². The first kappa shape index (κ1) is 28.0. The van der Waals surface area contributed by atoms with Crippen molar-refractivity contribution in [3.63, 3.8) is 0 Å². The molecule has 0 bridgehead atoms. The molecule has 8 nitrogen and oxygen atoms in total. The van der Waals surface area contributed by atoms with Crippen LogP contribution >= 0.6 is 11.3 Å². The molecule has 0 radical (unpaired) electrons. The van der Waals surface area contributed by atoms with Crippen molar-refractivity contribution in [2.45, 2.75) is 33.4 Å². The standard InChI is InChI=1S/C28H29F2N3O5S/c1-6-32(7-2)19-11-9-18(10-12-19)24-23(26(35)37-5)16(3)31-28-33(24)25(34)22(39-28)15-17-8-13-20(38-27(29)30)21(14-17)36-4/h8-15,24,27H,6-7H2,1-5H3/b22-15+/t24-/m1/s1. The number of fused-ring (bicyclic) bond motifs is 1. The maximum absolute atomic E-state index is 13.7. The average Bonchev–Trinajstić information content (AvgIpc) is 3.23. The molecule has 0 saturated heterocycles. The van der Waals surface area contributed by atoms with Crippen LogP contribution in [0.3, 0.4) is 0 Å². The number of hydrogen-bond donors (Lipinski definition) is 0. The molecule has 3 aromatic rings. The molecule has 2 heterocycles. The Morgan fingerprint density at radius 3 is 2.41 bits per heavy atom. The maximum atomic E-state index is 13.7. The van der Waals surface area contributed by atoms with Gasteiger partial charge in [-0.15, -0.1) is 0 Å². The number of nitrogens with zero attached hydrogens (tertiary/aromatic N) is 3. The Labute approximate surface area is 228 Å². The predicted octanol–water partition coefficient (Wildman–Crippen LogP) is 3.86. The van der Waals surface area contributed by atoms with Crippen LogP contribution in [0.1, 0.15) is 37.9 Å². The normalized spacial score (nSPS) is 15.2. The highest BCUT2D eigenvalue weighted by atomic mass is 32.1. The number of rotatable bonds is 9. The summed E-state index contributed by atoms with van der Waals surface area (Å²) in [7, 11) is 2.64. The molecule has 0 unspecified atom stereocenters. The number of allylic oxidation sites excluding steroid dienone is 1. The molecule has 0 fully saturated rings. The van der Waals surface area contributed by atoms with Crippen LogP contribution in [0.15, 0.2) is 63.5 Å². The average molecular weight is 558 g/mol. The minimum atomic E-state index is -3.00. The second-order valence-corrected chi connectivity index (χ2v) is 9.64. The summed E-state index contributed by atoms with van der Waals surface area (Å²) in [4.78, 5) is 33.8. The molecular weight excluding hydrogens is 528 g/mol. The van der Waals surface area contributed by atoms with Gasteiger partial charge in [-0.1, -0.05) is 29.5 Å². The summed E-state index contributed by atoms with van der Waals surface area (Å²) in [5.74, 6) is -0.577.